The smallest absolute Gasteiger partial charge is 0.225 e. The second-order valence-electron chi connectivity index (χ2n) is 5.84. The molecular weight excluding hydrogens is 316 g/mol. The number of hydrogen-bond acceptors (Lipinski definition) is 4. The van der Waals surface area contributed by atoms with E-state index in [0.29, 0.717) is 30.7 Å². The van der Waals surface area contributed by atoms with Crippen LogP contribution >= 0.6 is 12.4 Å². The summed E-state index contributed by atoms with van der Waals surface area (Å²) < 4.78 is 11.0. The Morgan fingerprint density at radius 3 is 2.70 bits per heavy atom. The Labute approximate surface area is 144 Å². The van der Waals surface area contributed by atoms with Crippen LogP contribution in [0.15, 0.2) is 24.3 Å². The normalized spacial score (nSPS) is 20.3. The summed E-state index contributed by atoms with van der Waals surface area (Å²) in [6.07, 6.45) is 1.83. The molecule has 1 aromatic rings. The number of likely N-dealkylation sites (N-methyl/N-ethyl adjacent to an activating group) is 1. The van der Waals surface area contributed by atoms with Gasteiger partial charge in [0.05, 0.1) is 13.7 Å². The third-order valence-corrected chi connectivity index (χ3v) is 4.10. The Hall–Kier alpha value is -1.46. The number of rotatable bonds is 6. The summed E-state index contributed by atoms with van der Waals surface area (Å²) in [5.41, 5.74) is 0. The number of carbonyl (C=O) groups is 1. The molecule has 0 spiro atoms. The Morgan fingerprint density at radius 2 is 2.04 bits per heavy atom. The standard InChI is InChI=1S/C17H26N2O3.ClH/c1-13-12-14(8-9-18-13)17(20)19(2)10-11-22-16-7-5-4-6-15(16)21-3;/h4-7,13-14,18H,8-12H2,1-3H3;1H/t13-,14-;/m0./s1. The predicted molar refractivity (Wildman–Crippen MR) is 93.6 cm³/mol. The van der Waals surface area contributed by atoms with Crippen molar-refractivity contribution in [3.63, 3.8) is 0 Å². The zero-order valence-electron chi connectivity index (χ0n) is 14.1. The Bertz CT molecular complexity index is 498. The lowest BCUT2D eigenvalue weighted by Gasteiger charge is -2.30. The zero-order chi connectivity index (χ0) is 15.9. The van der Waals surface area contributed by atoms with Gasteiger partial charge in [-0.15, -0.1) is 12.4 Å². The van der Waals surface area contributed by atoms with Gasteiger partial charge in [0.25, 0.3) is 0 Å². The van der Waals surface area contributed by atoms with Crippen molar-refractivity contribution in [3.8, 4) is 11.5 Å². The van der Waals surface area contributed by atoms with Crippen molar-refractivity contribution in [3.05, 3.63) is 24.3 Å². The number of hydrogen-bond donors (Lipinski definition) is 1. The summed E-state index contributed by atoms with van der Waals surface area (Å²) in [7, 11) is 3.47. The Balaban J connectivity index is 0.00000264. The van der Waals surface area contributed by atoms with Crippen molar-refractivity contribution in [2.45, 2.75) is 25.8 Å². The van der Waals surface area contributed by atoms with Gasteiger partial charge in [0.2, 0.25) is 5.91 Å². The van der Waals surface area contributed by atoms with E-state index in [0.717, 1.165) is 19.4 Å². The SMILES string of the molecule is COc1ccccc1OCCN(C)C(=O)[C@H]1CCN[C@@H](C)C1.Cl. The monoisotopic (exact) mass is 342 g/mol. The summed E-state index contributed by atoms with van der Waals surface area (Å²) in [5, 5.41) is 3.37. The molecule has 0 saturated carbocycles. The van der Waals surface area contributed by atoms with Gasteiger partial charge < -0.3 is 19.7 Å². The van der Waals surface area contributed by atoms with Gasteiger partial charge in [-0.2, -0.15) is 0 Å². The largest absolute Gasteiger partial charge is 0.493 e. The number of methoxy groups -OCH3 is 1. The lowest BCUT2D eigenvalue weighted by atomic mass is 9.92. The van der Waals surface area contributed by atoms with Crippen molar-refractivity contribution < 1.29 is 14.3 Å². The molecule has 2 rings (SSSR count). The Kier molecular flexibility index (Phi) is 8.20. The van der Waals surface area contributed by atoms with E-state index in [9.17, 15) is 4.79 Å². The highest BCUT2D eigenvalue weighted by Crippen LogP contribution is 2.25. The molecule has 0 aliphatic carbocycles. The van der Waals surface area contributed by atoms with Crippen LogP contribution in [-0.2, 0) is 4.79 Å². The van der Waals surface area contributed by atoms with E-state index < -0.39 is 0 Å². The van der Waals surface area contributed by atoms with E-state index in [-0.39, 0.29) is 24.2 Å². The average molecular weight is 343 g/mol. The number of ether oxygens (including phenoxy) is 2. The molecule has 1 amide bonds. The fourth-order valence-corrected chi connectivity index (χ4v) is 2.81. The maximum atomic E-state index is 12.4. The second-order valence-corrected chi connectivity index (χ2v) is 5.84. The average Bonchev–Trinajstić information content (AvgIpc) is 2.54. The minimum absolute atomic E-state index is 0. The maximum absolute atomic E-state index is 12.4. The maximum Gasteiger partial charge on any atom is 0.225 e. The predicted octanol–water partition coefficient (Wildman–Crippen LogP) is 2.34. The van der Waals surface area contributed by atoms with Crippen LogP contribution in [0.3, 0.4) is 0 Å². The number of benzene rings is 1. The van der Waals surface area contributed by atoms with E-state index in [1.807, 2.05) is 31.3 Å². The molecule has 1 N–H and O–H groups in total. The van der Waals surface area contributed by atoms with Crippen molar-refractivity contribution in [1.82, 2.24) is 10.2 Å². The number of nitrogens with zero attached hydrogens (tertiary/aromatic N) is 1. The van der Waals surface area contributed by atoms with Gasteiger partial charge in [-0.25, -0.2) is 0 Å². The first-order chi connectivity index (χ1) is 10.6. The number of nitrogens with one attached hydrogen (secondary N) is 1. The number of amides is 1. The summed E-state index contributed by atoms with van der Waals surface area (Å²) in [6, 6.07) is 7.96. The molecule has 1 heterocycles. The van der Waals surface area contributed by atoms with E-state index in [1.165, 1.54) is 0 Å². The first-order valence-electron chi connectivity index (χ1n) is 7.86. The van der Waals surface area contributed by atoms with E-state index in [2.05, 4.69) is 12.2 Å². The fraction of sp³-hybridized carbons (Fsp3) is 0.588. The molecule has 1 aromatic carbocycles. The van der Waals surface area contributed by atoms with Gasteiger partial charge in [-0.1, -0.05) is 12.1 Å². The molecule has 0 aromatic heterocycles. The molecule has 130 valence electrons. The minimum Gasteiger partial charge on any atom is -0.493 e. The first-order valence-corrected chi connectivity index (χ1v) is 7.86. The lowest BCUT2D eigenvalue weighted by Crippen LogP contribution is -2.43. The molecule has 0 radical (unpaired) electrons. The number of halogens is 1. The van der Waals surface area contributed by atoms with Gasteiger partial charge in [0.1, 0.15) is 6.61 Å². The van der Waals surface area contributed by atoms with Crippen LogP contribution in [0.1, 0.15) is 19.8 Å². The van der Waals surface area contributed by atoms with Gasteiger partial charge in [0, 0.05) is 19.0 Å². The van der Waals surface area contributed by atoms with Crippen molar-refractivity contribution >= 4 is 18.3 Å². The molecule has 1 fully saturated rings. The molecule has 1 saturated heterocycles. The Morgan fingerprint density at radius 1 is 1.35 bits per heavy atom. The van der Waals surface area contributed by atoms with Crippen molar-refractivity contribution in [2.24, 2.45) is 5.92 Å². The summed E-state index contributed by atoms with van der Waals surface area (Å²) in [6.45, 7) is 4.09. The molecule has 23 heavy (non-hydrogen) atoms. The first kappa shape index (κ1) is 19.6. The summed E-state index contributed by atoms with van der Waals surface area (Å²) >= 11 is 0. The molecule has 5 nitrogen and oxygen atoms in total. The number of carbonyl (C=O) groups excluding carboxylic acids is 1. The molecule has 1 aliphatic heterocycles. The van der Waals surface area contributed by atoms with Crippen LogP contribution in [0.25, 0.3) is 0 Å². The van der Waals surface area contributed by atoms with Gasteiger partial charge in [-0.05, 0) is 38.4 Å². The number of piperidine rings is 1. The molecule has 1 aliphatic rings. The van der Waals surface area contributed by atoms with Gasteiger partial charge in [0.15, 0.2) is 11.5 Å². The number of para-hydroxylation sites is 2. The van der Waals surface area contributed by atoms with Crippen LogP contribution in [0.2, 0.25) is 0 Å². The quantitative estimate of drug-likeness (QED) is 0.862. The molecule has 2 atom stereocenters. The van der Waals surface area contributed by atoms with E-state index in [4.69, 9.17) is 9.47 Å². The summed E-state index contributed by atoms with van der Waals surface area (Å²) in [5.74, 6) is 1.77. The third kappa shape index (κ3) is 5.59. The van der Waals surface area contributed by atoms with Gasteiger partial charge in [-0.3, -0.25) is 4.79 Å². The van der Waals surface area contributed by atoms with Crippen LogP contribution < -0.4 is 14.8 Å². The van der Waals surface area contributed by atoms with Crippen molar-refractivity contribution in [2.75, 3.05) is 33.9 Å². The fourth-order valence-electron chi connectivity index (χ4n) is 2.81. The highest BCUT2D eigenvalue weighted by Gasteiger charge is 2.26. The highest BCUT2D eigenvalue weighted by atomic mass is 35.5. The van der Waals surface area contributed by atoms with E-state index >= 15 is 0 Å². The van der Waals surface area contributed by atoms with Crippen LogP contribution in [-0.4, -0.2) is 50.7 Å². The van der Waals surface area contributed by atoms with E-state index in [1.54, 1.807) is 12.0 Å². The van der Waals surface area contributed by atoms with Crippen LogP contribution in [0.5, 0.6) is 11.5 Å². The second kappa shape index (κ2) is 9.63. The summed E-state index contributed by atoms with van der Waals surface area (Å²) in [4.78, 5) is 14.2. The van der Waals surface area contributed by atoms with Crippen LogP contribution in [0.4, 0.5) is 0 Å². The molecule has 0 unspecified atom stereocenters. The third-order valence-electron chi connectivity index (χ3n) is 4.10. The molecule has 0 bridgehead atoms. The molecular formula is C17H27ClN2O3. The molecule has 6 heteroatoms. The highest BCUT2D eigenvalue weighted by molar-refractivity contribution is 5.85. The minimum atomic E-state index is 0. The van der Waals surface area contributed by atoms with Crippen molar-refractivity contribution in [1.29, 1.82) is 0 Å². The lowest BCUT2D eigenvalue weighted by molar-refractivity contribution is -0.135. The van der Waals surface area contributed by atoms with Crippen LogP contribution in [0, 0.1) is 5.92 Å². The van der Waals surface area contributed by atoms with Gasteiger partial charge >= 0.3 is 0 Å². The zero-order valence-corrected chi connectivity index (χ0v) is 14.9. The topological polar surface area (TPSA) is 50.8 Å².